The highest BCUT2D eigenvalue weighted by atomic mass is 35.5. The van der Waals surface area contributed by atoms with Crippen molar-refractivity contribution in [3.8, 4) is 0 Å². The Morgan fingerprint density at radius 2 is 1.75 bits per heavy atom. The van der Waals surface area contributed by atoms with E-state index in [1.165, 1.54) is 0 Å². The van der Waals surface area contributed by atoms with Crippen LogP contribution in [0.3, 0.4) is 0 Å². The van der Waals surface area contributed by atoms with E-state index in [2.05, 4.69) is 6.58 Å². The molecular weight excluding hydrogens is 128 g/mol. The second-order valence-corrected chi connectivity index (χ2v) is 1.17. The number of hydrogen-bond acceptors (Lipinski definition) is 1. The van der Waals surface area contributed by atoms with Crippen molar-refractivity contribution in [3.05, 3.63) is 11.6 Å². The van der Waals surface area contributed by atoms with Crippen molar-refractivity contribution in [1.82, 2.24) is 0 Å². The molecule has 0 radical (unpaired) electrons. The summed E-state index contributed by atoms with van der Waals surface area (Å²) < 4.78 is 0. The van der Waals surface area contributed by atoms with Crippen LogP contribution in [0.15, 0.2) is 11.6 Å². The van der Waals surface area contributed by atoms with Crippen molar-refractivity contribution in [2.45, 2.75) is 13.8 Å². The van der Waals surface area contributed by atoms with Gasteiger partial charge in [0.2, 0.25) is 0 Å². The zero-order valence-electron chi connectivity index (χ0n) is 4.94. The van der Waals surface area contributed by atoms with Gasteiger partial charge in [0.15, 0.2) is 0 Å². The zero-order valence-corrected chi connectivity index (χ0v) is 5.70. The first-order chi connectivity index (χ1) is 3.64. The number of hydrogen-bond donors (Lipinski definition) is 1. The number of halogens is 1. The lowest BCUT2D eigenvalue weighted by molar-refractivity contribution is -0.131. The summed E-state index contributed by atoms with van der Waals surface area (Å²) in [6.45, 7) is 6.92. The zero-order chi connectivity index (χ0) is 7.15. The molecule has 0 bridgehead atoms. The number of aliphatic carboxylic acids is 1. The Morgan fingerprint density at radius 1 is 1.62 bits per heavy atom. The number of carboxylic acids is 1. The lowest BCUT2D eigenvalue weighted by atomic mass is 10.7. The second kappa shape index (κ2) is 6.50. The number of rotatable bonds is 1. The first-order valence-corrected chi connectivity index (χ1v) is 2.60. The molecule has 8 heavy (non-hydrogen) atoms. The molecule has 0 saturated carbocycles. The third kappa shape index (κ3) is 9.09. The highest BCUT2D eigenvalue weighted by Gasteiger charge is 1.93. The molecule has 3 heteroatoms. The predicted molar refractivity (Wildman–Crippen MR) is 34.0 cm³/mol. The molecule has 0 aromatic heterocycles. The Balaban J connectivity index is 0. The summed E-state index contributed by atoms with van der Waals surface area (Å²) in [5.74, 6) is -1.17. The average Bonchev–Trinajstić information content (AvgIpc) is 1.72. The summed E-state index contributed by atoms with van der Waals surface area (Å²) >= 11 is 4.82. The van der Waals surface area contributed by atoms with Crippen LogP contribution >= 0.6 is 11.6 Å². The third-order valence-corrected chi connectivity index (χ3v) is 0.394. The molecule has 0 fully saturated rings. The van der Waals surface area contributed by atoms with Crippen LogP contribution in [0, 0.1) is 0 Å². The minimum Gasteiger partial charge on any atom is -0.477 e. The SMILES string of the molecule is C=C(Cl)C(=O)O.CC. The molecule has 0 heterocycles. The molecule has 0 aromatic rings. The van der Waals surface area contributed by atoms with Crippen LogP contribution in [0.5, 0.6) is 0 Å². The number of carboxylic acid groups (broad SMARTS) is 1. The standard InChI is InChI=1S/C3H3ClO2.C2H6/c1-2(4)3(5)6;1-2/h1H2,(H,5,6);1-2H3. The molecule has 1 N–H and O–H groups in total. The van der Waals surface area contributed by atoms with Gasteiger partial charge in [0.05, 0.1) is 0 Å². The van der Waals surface area contributed by atoms with Gasteiger partial charge in [-0.1, -0.05) is 32.0 Å². The van der Waals surface area contributed by atoms with Gasteiger partial charge in [0.1, 0.15) is 5.03 Å². The first-order valence-electron chi connectivity index (χ1n) is 2.22. The lowest BCUT2D eigenvalue weighted by Gasteiger charge is -1.76. The summed E-state index contributed by atoms with van der Waals surface area (Å²) in [4.78, 5) is 9.47. The molecule has 0 rings (SSSR count). The van der Waals surface area contributed by atoms with Gasteiger partial charge in [-0.25, -0.2) is 4.79 Å². The van der Waals surface area contributed by atoms with E-state index in [0.717, 1.165) is 0 Å². The van der Waals surface area contributed by atoms with Crippen LogP contribution in [-0.2, 0) is 4.79 Å². The average molecular weight is 137 g/mol. The Bertz CT molecular complexity index is 76.4. The molecule has 0 atom stereocenters. The molecule has 0 aliphatic rings. The minimum absolute atomic E-state index is 0.352. The van der Waals surface area contributed by atoms with Gasteiger partial charge in [0, 0.05) is 0 Å². The van der Waals surface area contributed by atoms with Crippen molar-refractivity contribution in [2.75, 3.05) is 0 Å². The third-order valence-electron chi connectivity index (χ3n) is 0.232. The Labute approximate surface area is 53.8 Å². The summed E-state index contributed by atoms with van der Waals surface area (Å²) in [5.41, 5.74) is 0. The normalized spacial score (nSPS) is 6.38. The monoisotopic (exact) mass is 136 g/mol. The van der Waals surface area contributed by atoms with E-state index >= 15 is 0 Å². The van der Waals surface area contributed by atoms with E-state index < -0.39 is 5.97 Å². The van der Waals surface area contributed by atoms with Gasteiger partial charge in [-0.15, -0.1) is 0 Å². The smallest absolute Gasteiger partial charge is 0.346 e. The molecule has 2 nitrogen and oxygen atoms in total. The van der Waals surface area contributed by atoms with E-state index in [9.17, 15) is 4.79 Å². The number of carbonyl (C=O) groups is 1. The van der Waals surface area contributed by atoms with Gasteiger partial charge >= 0.3 is 5.97 Å². The van der Waals surface area contributed by atoms with E-state index in [0.29, 0.717) is 0 Å². The maximum absolute atomic E-state index is 9.47. The molecule has 0 aliphatic heterocycles. The minimum atomic E-state index is -1.17. The maximum atomic E-state index is 9.47. The highest BCUT2D eigenvalue weighted by molar-refractivity contribution is 6.40. The Hall–Kier alpha value is -0.500. The van der Waals surface area contributed by atoms with Crippen molar-refractivity contribution >= 4 is 17.6 Å². The van der Waals surface area contributed by atoms with Crippen LogP contribution in [0.4, 0.5) is 0 Å². The molecule has 48 valence electrons. The summed E-state index contributed by atoms with van der Waals surface area (Å²) in [7, 11) is 0. The lowest BCUT2D eigenvalue weighted by Crippen LogP contribution is -1.89. The molecule has 0 aliphatic carbocycles. The predicted octanol–water partition coefficient (Wildman–Crippen LogP) is 1.85. The topological polar surface area (TPSA) is 37.3 Å². The fourth-order valence-corrected chi connectivity index (χ4v) is 0. The van der Waals surface area contributed by atoms with Gasteiger partial charge < -0.3 is 5.11 Å². The highest BCUT2D eigenvalue weighted by Crippen LogP contribution is 1.92. The molecule has 0 aromatic carbocycles. The van der Waals surface area contributed by atoms with Crippen LogP contribution in [0.1, 0.15) is 13.8 Å². The Kier molecular flexibility index (Phi) is 8.51. The quantitative estimate of drug-likeness (QED) is 0.559. The molecular formula is C5H9ClO2. The van der Waals surface area contributed by atoms with Gasteiger partial charge in [-0.05, 0) is 0 Å². The van der Waals surface area contributed by atoms with Gasteiger partial charge in [-0.2, -0.15) is 0 Å². The van der Waals surface area contributed by atoms with E-state index in [1.54, 1.807) is 0 Å². The fraction of sp³-hybridized carbons (Fsp3) is 0.400. The van der Waals surface area contributed by atoms with Crippen molar-refractivity contribution < 1.29 is 9.90 Å². The molecule has 0 amide bonds. The van der Waals surface area contributed by atoms with Crippen LogP contribution in [0.2, 0.25) is 0 Å². The van der Waals surface area contributed by atoms with Crippen molar-refractivity contribution in [1.29, 1.82) is 0 Å². The van der Waals surface area contributed by atoms with Crippen molar-refractivity contribution in [2.24, 2.45) is 0 Å². The molecule has 0 spiro atoms. The maximum Gasteiger partial charge on any atom is 0.346 e. The molecule has 0 saturated heterocycles. The van der Waals surface area contributed by atoms with Gasteiger partial charge in [-0.3, -0.25) is 0 Å². The summed E-state index contributed by atoms with van der Waals surface area (Å²) in [6, 6.07) is 0. The largest absolute Gasteiger partial charge is 0.477 e. The fourth-order valence-electron chi connectivity index (χ4n) is 0. The Morgan fingerprint density at radius 3 is 1.75 bits per heavy atom. The van der Waals surface area contributed by atoms with Crippen LogP contribution < -0.4 is 0 Å². The van der Waals surface area contributed by atoms with Gasteiger partial charge in [0.25, 0.3) is 0 Å². The van der Waals surface area contributed by atoms with E-state index in [4.69, 9.17) is 16.7 Å². The van der Waals surface area contributed by atoms with Crippen LogP contribution in [0.25, 0.3) is 0 Å². The second-order valence-electron chi connectivity index (χ2n) is 0.710. The van der Waals surface area contributed by atoms with Crippen molar-refractivity contribution in [3.63, 3.8) is 0 Å². The summed E-state index contributed by atoms with van der Waals surface area (Å²) in [5, 5.41) is 7.41. The molecule has 0 unspecified atom stereocenters. The van der Waals surface area contributed by atoms with E-state index in [1.807, 2.05) is 13.8 Å². The first kappa shape index (κ1) is 10.5. The van der Waals surface area contributed by atoms with Crippen LogP contribution in [-0.4, -0.2) is 11.1 Å². The van der Waals surface area contributed by atoms with E-state index in [-0.39, 0.29) is 5.03 Å². The summed E-state index contributed by atoms with van der Waals surface area (Å²) in [6.07, 6.45) is 0.